The van der Waals surface area contributed by atoms with E-state index in [4.69, 9.17) is 21.3 Å². The summed E-state index contributed by atoms with van der Waals surface area (Å²) < 4.78 is 5.51. The number of piperazine rings is 1. The molecule has 1 fully saturated rings. The van der Waals surface area contributed by atoms with Crippen LogP contribution in [-0.2, 0) is 13.1 Å². The monoisotopic (exact) mass is 552 g/mol. The Balaban J connectivity index is 1.22. The van der Waals surface area contributed by atoms with Gasteiger partial charge in [0.05, 0.1) is 23.8 Å². The number of aromatic hydroxyl groups is 1. The zero-order valence-corrected chi connectivity index (χ0v) is 23.6. The molecule has 1 aliphatic rings. The zero-order valence-electron chi connectivity index (χ0n) is 22.8. The largest absolute Gasteiger partial charge is 0.508 e. The van der Waals surface area contributed by atoms with Gasteiger partial charge in [0.25, 0.3) is 0 Å². The van der Waals surface area contributed by atoms with Gasteiger partial charge in [0.2, 0.25) is 0 Å². The lowest BCUT2D eigenvalue weighted by Gasteiger charge is -2.35. The highest BCUT2D eigenvalue weighted by Crippen LogP contribution is 2.37. The summed E-state index contributed by atoms with van der Waals surface area (Å²) in [7, 11) is 1.66. The lowest BCUT2D eigenvalue weighted by atomic mass is 10.1. The molecule has 7 heteroatoms. The van der Waals surface area contributed by atoms with Crippen LogP contribution in [0.5, 0.6) is 11.5 Å². The summed E-state index contributed by atoms with van der Waals surface area (Å²) in [5.74, 6) is 1.07. The number of pyridine rings is 1. The molecule has 1 saturated heterocycles. The number of fused-ring (bicyclic) bond motifs is 2. The molecular weight excluding hydrogens is 520 g/mol. The Bertz CT molecular complexity index is 1680. The quantitative estimate of drug-likeness (QED) is 0.165. The normalized spacial score (nSPS) is 14.6. The van der Waals surface area contributed by atoms with E-state index >= 15 is 0 Å². The van der Waals surface area contributed by atoms with E-state index in [2.05, 4.69) is 46.3 Å². The molecule has 6 rings (SSSR count). The van der Waals surface area contributed by atoms with Gasteiger partial charge >= 0.3 is 0 Å². The van der Waals surface area contributed by atoms with Crippen LogP contribution in [0.25, 0.3) is 21.8 Å². The van der Waals surface area contributed by atoms with Crippen molar-refractivity contribution in [3.8, 4) is 11.5 Å². The third kappa shape index (κ3) is 5.70. The highest BCUT2D eigenvalue weighted by atomic mass is 35.5. The molecule has 0 aliphatic carbocycles. The van der Waals surface area contributed by atoms with Gasteiger partial charge in [-0.2, -0.15) is 0 Å². The maximum atomic E-state index is 10.7. The topological polar surface area (TPSA) is 60.9 Å². The van der Waals surface area contributed by atoms with Crippen molar-refractivity contribution in [2.45, 2.75) is 20.0 Å². The summed E-state index contributed by atoms with van der Waals surface area (Å²) in [4.78, 5) is 9.75. The number of anilines is 2. The van der Waals surface area contributed by atoms with Crippen molar-refractivity contribution in [1.29, 1.82) is 0 Å². The Morgan fingerprint density at radius 1 is 0.850 bits per heavy atom. The van der Waals surface area contributed by atoms with E-state index in [1.165, 1.54) is 11.1 Å². The van der Waals surface area contributed by atoms with Crippen LogP contribution < -0.4 is 10.1 Å². The van der Waals surface area contributed by atoms with Gasteiger partial charge in [-0.3, -0.25) is 9.80 Å². The Morgan fingerprint density at radius 2 is 1.65 bits per heavy atom. The molecule has 0 spiro atoms. The van der Waals surface area contributed by atoms with E-state index in [9.17, 15) is 5.11 Å². The summed E-state index contributed by atoms with van der Waals surface area (Å²) in [6, 6.07) is 26.1. The lowest BCUT2D eigenvalue weighted by molar-refractivity contribution is 0.121. The van der Waals surface area contributed by atoms with Gasteiger partial charge in [-0.1, -0.05) is 41.4 Å². The zero-order chi connectivity index (χ0) is 27.6. The number of benzene rings is 4. The first-order valence-electron chi connectivity index (χ1n) is 13.6. The number of ether oxygens (including phenoxy) is 1. The fourth-order valence-electron chi connectivity index (χ4n) is 5.51. The maximum absolute atomic E-state index is 10.7. The SMILES string of the molecule is COc1ccc2nc3cc(Cl)ccc3c(Nc3ccc(O)c(CN4CCN(Cc5cccc(C)c5)CC4)c3)c2c1. The number of halogens is 1. The molecule has 0 unspecified atom stereocenters. The van der Waals surface area contributed by atoms with Crippen molar-refractivity contribution < 1.29 is 9.84 Å². The molecule has 0 bridgehead atoms. The van der Waals surface area contributed by atoms with Gasteiger partial charge in [-0.25, -0.2) is 4.98 Å². The third-order valence-corrected chi connectivity index (χ3v) is 7.87. The molecule has 1 aromatic heterocycles. The lowest BCUT2D eigenvalue weighted by Crippen LogP contribution is -2.45. The summed E-state index contributed by atoms with van der Waals surface area (Å²) >= 11 is 6.30. The van der Waals surface area contributed by atoms with E-state index in [-0.39, 0.29) is 0 Å². The predicted molar refractivity (Wildman–Crippen MR) is 164 cm³/mol. The first-order chi connectivity index (χ1) is 19.4. The van der Waals surface area contributed by atoms with E-state index in [1.54, 1.807) is 13.2 Å². The van der Waals surface area contributed by atoms with Crippen molar-refractivity contribution >= 4 is 44.8 Å². The van der Waals surface area contributed by atoms with E-state index in [0.717, 1.165) is 77.2 Å². The van der Waals surface area contributed by atoms with Crippen LogP contribution >= 0.6 is 11.6 Å². The number of phenols is 1. The van der Waals surface area contributed by atoms with Gasteiger partial charge in [0.15, 0.2) is 0 Å². The molecule has 2 N–H and O–H groups in total. The van der Waals surface area contributed by atoms with Crippen molar-refractivity contribution in [3.05, 3.63) is 101 Å². The minimum atomic E-state index is 0.311. The second-order valence-corrected chi connectivity index (χ2v) is 11.0. The number of rotatable bonds is 7. The smallest absolute Gasteiger partial charge is 0.120 e. The molecule has 40 heavy (non-hydrogen) atoms. The molecule has 0 saturated carbocycles. The second-order valence-electron chi connectivity index (χ2n) is 10.5. The number of nitrogens with one attached hydrogen (secondary N) is 1. The maximum Gasteiger partial charge on any atom is 0.120 e. The first-order valence-corrected chi connectivity index (χ1v) is 14.0. The summed E-state index contributed by atoms with van der Waals surface area (Å²) in [5, 5.41) is 16.9. The Hall–Kier alpha value is -3.84. The summed E-state index contributed by atoms with van der Waals surface area (Å²) in [5.41, 5.74) is 7.06. The average molecular weight is 553 g/mol. The van der Waals surface area contributed by atoms with Crippen LogP contribution in [0.3, 0.4) is 0 Å². The molecule has 0 atom stereocenters. The fraction of sp³-hybridized carbons (Fsp3) is 0.242. The van der Waals surface area contributed by atoms with Gasteiger partial charge in [0, 0.05) is 66.3 Å². The Morgan fingerprint density at radius 3 is 2.42 bits per heavy atom. The number of nitrogens with zero attached hydrogens (tertiary/aromatic N) is 3. The highest BCUT2D eigenvalue weighted by Gasteiger charge is 2.19. The van der Waals surface area contributed by atoms with Gasteiger partial charge < -0.3 is 15.2 Å². The Kier molecular flexibility index (Phi) is 7.48. The molecule has 0 radical (unpaired) electrons. The number of aryl methyl sites for hydroxylation is 1. The van der Waals surface area contributed by atoms with Crippen molar-refractivity contribution in [2.75, 3.05) is 38.6 Å². The fourth-order valence-corrected chi connectivity index (χ4v) is 5.67. The minimum Gasteiger partial charge on any atom is -0.508 e. The van der Waals surface area contributed by atoms with Crippen LogP contribution in [0, 0.1) is 6.92 Å². The first kappa shape index (κ1) is 26.4. The molecule has 204 valence electrons. The van der Waals surface area contributed by atoms with Gasteiger partial charge in [-0.05, 0) is 67.1 Å². The standard InChI is InChI=1S/C33H33ClN4O2/c1-22-4-3-5-23(16-22)20-37-12-14-38(15-13-37)21-24-17-26(7-11-32(24)39)35-33-28-9-6-25(34)18-31(28)36-30-10-8-27(40-2)19-29(30)33/h3-11,16-19,39H,12-15,20-21H2,1-2H3,(H,35,36). The summed E-state index contributed by atoms with van der Waals surface area (Å²) in [6.45, 7) is 7.75. The van der Waals surface area contributed by atoms with Crippen LogP contribution in [-0.4, -0.2) is 53.2 Å². The number of methoxy groups -OCH3 is 1. The van der Waals surface area contributed by atoms with Crippen LogP contribution in [0.1, 0.15) is 16.7 Å². The Labute approximate surface area is 239 Å². The molecular formula is C33H33ClN4O2. The third-order valence-electron chi connectivity index (χ3n) is 7.64. The van der Waals surface area contributed by atoms with E-state index in [0.29, 0.717) is 17.3 Å². The van der Waals surface area contributed by atoms with Crippen LogP contribution in [0.2, 0.25) is 5.02 Å². The number of hydrogen-bond acceptors (Lipinski definition) is 6. The highest BCUT2D eigenvalue weighted by molar-refractivity contribution is 6.31. The molecule has 1 aliphatic heterocycles. The minimum absolute atomic E-state index is 0.311. The summed E-state index contributed by atoms with van der Waals surface area (Å²) in [6.07, 6.45) is 0. The van der Waals surface area contributed by atoms with Crippen molar-refractivity contribution in [3.63, 3.8) is 0 Å². The molecule has 6 nitrogen and oxygen atoms in total. The molecule has 4 aromatic carbocycles. The number of phenolic OH excluding ortho intramolecular Hbond substituents is 1. The van der Waals surface area contributed by atoms with Crippen LogP contribution in [0.4, 0.5) is 11.4 Å². The van der Waals surface area contributed by atoms with Gasteiger partial charge in [-0.15, -0.1) is 0 Å². The molecule has 0 amide bonds. The van der Waals surface area contributed by atoms with E-state index in [1.807, 2.05) is 48.5 Å². The predicted octanol–water partition coefficient (Wildman–Crippen LogP) is 7.13. The number of aromatic nitrogens is 1. The van der Waals surface area contributed by atoms with Crippen molar-refractivity contribution in [2.24, 2.45) is 0 Å². The second kappa shape index (κ2) is 11.3. The van der Waals surface area contributed by atoms with E-state index < -0.39 is 0 Å². The van der Waals surface area contributed by atoms with Gasteiger partial charge in [0.1, 0.15) is 11.5 Å². The molecule has 5 aromatic rings. The number of hydrogen-bond donors (Lipinski definition) is 2. The van der Waals surface area contributed by atoms with Crippen molar-refractivity contribution in [1.82, 2.24) is 14.8 Å². The van der Waals surface area contributed by atoms with Crippen LogP contribution in [0.15, 0.2) is 78.9 Å². The average Bonchev–Trinajstić information content (AvgIpc) is 2.95. The molecule has 2 heterocycles.